The van der Waals surface area contributed by atoms with E-state index in [0.717, 1.165) is 16.9 Å². The van der Waals surface area contributed by atoms with E-state index in [2.05, 4.69) is 50.2 Å². The Morgan fingerprint density at radius 2 is 1.63 bits per heavy atom. The van der Waals surface area contributed by atoms with Crippen molar-refractivity contribution in [2.75, 3.05) is 30.5 Å². The number of ether oxygens (including phenoxy) is 1. The number of rotatable bonds is 7. The standard InChI is InChI=1S/C29H33N3O3/c1-19(2)21-10-14-23(15-11-21)32(18-20-8-12-22(13-9-20)31(3)4)29(34)25-16-17-35-27-24(25)6-5-7-26(27)28(30)33/h5-15,19,25H,16-18H2,1-4H3,(H2,30,33). The summed E-state index contributed by atoms with van der Waals surface area (Å²) >= 11 is 0. The monoisotopic (exact) mass is 471 g/mol. The van der Waals surface area contributed by atoms with Gasteiger partial charge in [-0.1, -0.05) is 50.2 Å². The highest BCUT2D eigenvalue weighted by molar-refractivity contribution is 6.01. The van der Waals surface area contributed by atoms with Crippen molar-refractivity contribution < 1.29 is 14.3 Å². The maximum absolute atomic E-state index is 14.1. The Labute approximate surface area is 207 Å². The summed E-state index contributed by atoms with van der Waals surface area (Å²) in [6.45, 7) is 5.10. The first-order valence-corrected chi connectivity index (χ1v) is 12.0. The summed E-state index contributed by atoms with van der Waals surface area (Å²) in [4.78, 5) is 29.9. The van der Waals surface area contributed by atoms with Crippen LogP contribution in [0.2, 0.25) is 0 Å². The van der Waals surface area contributed by atoms with Gasteiger partial charge in [-0.05, 0) is 53.8 Å². The van der Waals surface area contributed by atoms with Crippen molar-refractivity contribution in [1.82, 2.24) is 0 Å². The molecule has 3 aromatic carbocycles. The molecular weight excluding hydrogens is 438 g/mol. The van der Waals surface area contributed by atoms with Crippen LogP contribution in [0.25, 0.3) is 0 Å². The minimum atomic E-state index is -0.558. The van der Waals surface area contributed by atoms with E-state index < -0.39 is 11.8 Å². The molecule has 182 valence electrons. The molecule has 6 heteroatoms. The number of nitrogens with zero attached hydrogens (tertiary/aromatic N) is 2. The summed E-state index contributed by atoms with van der Waals surface area (Å²) in [6.07, 6.45) is 0.536. The molecule has 0 bridgehead atoms. The number of nitrogens with two attached hydrogens (primary N) is 1. The molecule has 1 heterocycles. The van der Waals surface area contributed by atoms with Crippen molar-refractivity contribution in [1.29, 1.82) is 0 Å². The quantitative estimate of drug-likeness (QED) is 0.522. The van der Waals surface area contributed by atoms with Gasteiger partial charge >= 0.3 is 0 Å². The number of para-hydroxylation sites is 1. The molecule has 2 N–H and O–H groups in total. The SMILES string of the molecule is CC(C)c1ccc(N(Cc2ccc(N(C)C)cc2)C(=O)C2CCOc3c(C(N)=O)cccc32)cc1. The summed E-state index contributed by atoms with van der Waals surface area (Å²) in [6, 6.07) is 21.7. The zero-order chi connectivity index (χ0) is 25.1. The molecule has 1 unspecified atom stereocenters. The average Bonchev–Trinajstić information content (AvgIpc) is 2.86. The molecular formula is C29H33N3O3. The number of hydrogen-bond acceptors (Lipinski definition) is 4. The molecule has 35 heavy (non-hydrogen) atoms. The predicted molar refractivity (Wildman–Crippen MR) is 140 cm³/mol. The zero-order valence-corrected chi connectivity index (χ0v) is 20.8. The van der Waals surface area contributed by atoms with Crippen molar-refractivity contribution in [3.8, 4) is 5.75 Å². The molecule has 1 atom stereocenters. The second-order valence-electron chi connectivity index (χ2n) is 9.51. The smallest absolute Gasteiger partial charge is 0.252 e. The minimum absolute atomic E-state index is 0.0230. The topological polar surface area (TPSA) is 75.9 Å². The number of anilines is 2. The van der Waals surface area contributed by atoms with E-state index >= 15 is 0 Å². The van der Waals surface area contributed by atoms with Crippen LogP contribution in [-0.2, 0) is 11.3 Å². The molecule has 3 aromatic rings. The first-order chi connectivity index (χ1) is 16.8. The van der Waals surface area contributed by atoms with Crippen LogP contribution in [0.4, 0.5) is 11.4 Å². The van der Waals surface area contributed by atoms with Crippen LogP contribution < -0.4 is 20.3 Å². The lowest BCUT2D eigenvalue weighted by Gasteiger charge is -2.32. The molecule has 0 saturated heterocycles. The first-order valence-electron chi connectivity index (χ1n) is 12.0. The van der Waals surface area contributed by atoms with Crippen LogP contribution in [0.3, 0.4) is 0 Å². The zero-order valence-electron chi connectivity index (χ0n) is 20.8. The van der Waals surface area contributed by atoms with Crippen LogP contribution in [0, 0.1) is 0 Å². The van der Waals surface area contributed by atoms with Gasteiger partial charge in [0.05, 0.1) is 24.6 Å². The van der Waals surface area contributed by atoms with E-state index in [1.807, 2.05) is 42.1 Å². The van der Waals surface area contributed by atoms with Gasteiger partial charge in [0.1, 0.15) is 5.75 Å². The van der Waals surface area contributed by atoms with Gasteiger partial charge in [0, 0.05) is 31.0 Å². The summed E-state index contributed by atoms with van der Waals surface area (Å²) in [7, 11) is 4.01. The molecule has 0 fully saturated rings. The van der Waals surface area contributed by atoms with Gasteiger partial charge in [0.25, 0.3) is 5.91 Å². The fraction of sp³-hybridized carbons (Fsp3) is 0.310. The van der Waals surface area contributed by atoms with Gasteiger partial charge in [-0.15, -0.1) is 0 Å². The average molecular weight is 472 g/mol. The Bertz CT molecular complexity index is 1200. The Morgan fingerprint density at radius 1 is 0.971 bits per heavy atom. The van der Waals surface area contributed by atoms with Gasteiger partial charge in [-0.2, -0.15) is 0 Å². The summed E-state index contributed by atoms with van der Waals surface area (Å²) in [5.74, 6) is -0.178. The molecule has 4 rings (SSSR count). The number of amides is 2. The predicted octanol–water partition coefficient (Wildman–Crippen LogP) is 5.07. The second kappa shape index (κ2) is 10.2. The second-order valence-corrected chi connectivity index (χ2v) is 9.51. The number of fused-ring (bicyclic) bond motifs is 1. The van der Waals surface area contributed by atoms with Crippen molar-refractivity contribution in [2.24, 2.45) is 5.73 Å². The summed E-state index contributed by atoms with van der Waals surface area (Å²) < 4.78 is 5.80. The van der Waals surface area contributed by atoms with Gasteiger partial charge in [-0.25, -0.2) is 0 Å². The van der Waals surface area contributed by atoms with Crippen LogP contribution in [0.1, 0.15) is 59.2 Å². The number of benzene rings is 3. The van der Waals surface area contributed by atoms with Crippen molar-refractivity contribution in [3.05, 3.63) is 89.0 Å². The third-order valence-corrected chi connectivity index (χ3v) is 6.57. The van der Waals surface area contributed by atoms with E-state index in [4.69, 9.17) is 10.5 Å². The number of hydrogen-bond donors (Lipinski definition) is 1. The number of carbonyl (C=O) groups excluding carboxylic acids is 2. The molecule has 0 radical (unpaired) electrons. The van der Waals surface area contributed by atoms with E-state index in [1.54, 1.807) is 12.1 Å². The lowest BCUT2D eigenvalue weighted by Crippen LogP contribution is -2.37. The Morgan fingerprint density at radius 3 is 2.23 bits per heavy atom. The van der Waals surface area contributed by atoms with E-state index in [9.17, 15) is 9.59 Å². The van der Waals surface area contributed by atoms with E-state index in [-0.39, 0.29) is 5.91 Å². The molecule has 1 aliphatic rings. The highest BCUT2D eigenvalue weighted by Gasteiger charge is 2.33. The Balaban J connectivity index is 1.72. The fourth-order valence-corrected chi connectivity index (χ4v) is 4.48. The number of carbonyl (C=O) groups is 2. The van der Waals surface area contributed by atoms with Crippen LogP contribution >= 0.6 is 0 Å². The lowest BCUT2D eigenvalue weighted by molar-refractivity contribution is -0.120. The Hall–Kier alpha value is -3.80. The maximum atomic E-state index is 14.1. The van der Waals surface area contributed by atoms with E-state index in [1.165, 1.54) is 5.56 Å². The number of primary amides is 1. The lowest BCUT2D eigenvalue weighted by atomic mass is 9.89. The van der Waals surface area contributed by atoms with Gasteiger partial charge < -0.3 is 20.3 Å². The van der Waals surface area contributed by atoms with Crippen LogP contribution in [-0.4, -0.2) is 32.5 Å². The van der Waals surface area contributed by atoms with Crippen LogP contribution in [0.5, 0.6) is 5.75 Å². The Kier molecular flexibility index (Phi) is 7.10. The molecule has 2 amide bonds. The highest BCUT2D eigenvalue weighted by atomic mass is 16.5. The third kappa shape index (κ3) is 5.16. The van der Waals surface area contributed by atoms with E-state index in [0.29, 0.717) is 42.4 Å². The summed E-state index contributed by atoms with van der Waals surface area (Å²) in [5, 5.41) is 0. The van der Waals surface area contributed by atoms with Crippen molar-refractivity contribution >= 4 is 23.2 Å². The van der Waals surface area contributed by atoms with Gasteiger partial charge in [-0.3, -0.25) is 9.59 Å². The largest absolute Gasteiger partial charge is 0.492 e. The first kappa shape index (κ1) is 24.3. The van der Waals surface area contributed by atoms with Crippen molar-refractivity contribution in [2.45, 2.75) is 38.6 Å². The molecule has 0 spiro atoms. The minimum Gasteiger partial charge on any atom is -0.492 e. The third-order valence-electron chi connectivity index (χ3n) is 6.57. The molecule has 0 saturated carbocycles. The molecule has 0 aliphatic carbocycles. The van der Waals surface area contributed by atoms with Gasteiger partial charge in [0.2, 0.25) is 5.91 Å². The summed E-state index contributed by atoms with van der Waals surface area (Å²) in [5.41, 5.74) is 10.8. The molecule has 1 aliphatic heterocycles. The van der Waals surface area contributed by atoms with Gasteiger partial charge in [0.15, 0.2) is 0 Å². The molecule has 0 aromatic heterocycles. The highest BCUT2D eigenvalue weighted by Crippen LogP contribution is 2.38. The maximum Gasteiger partial charge on any atom is 0.252 e. The van der Waals surface area contributed by atoms with Crippen molar-refractivity contribution in [3.63, 3.8) is 0 Å². The van der Waals surface area contributed by atoms with Crippen LogP contribution in [0.15, 0.2) is 66.7 Å². The fourth-order valence-electron chi connectivity index (χ4n) is 4.48. The molecule has 6 nitrogen and oxygen atoms in total. The normalized spacial score (nSPS) is 14.7.